The van der Waals surface area contributed by atoms with Crippen LogP contribution in [0.3, 0.4) is 0 Å². The summed E-state index contributed by atoms with van der Waals surface area (Å²) in [5, 5.41) is 2.21. The number of hydrogen-bond acceptors (Lipinski definition) is 3. The molecule has 0 N–H and O–H groups in total. The first-order chi connectivity index (χ1) is 9.67. The third kappa shape index (κ3) is 2.39. The van der Waals surface area contributed by atoms with Crippen molar-refractivity contribution in [3.63, 3.8) is 0 Å². The highest BCUT2D eigenvalue weighted by atomic mass is 32.2. The monoisotopic (exact) mass is 284 g/mol. The minimum Gasteiger partial charge on any atom is -0.228 e. The van der Waals surface area contributed by atoms with Crippen LogP contribution in [0.15, 0.2) is 47.6 Å². The van der Waals surface area contributed by atoms with Gasteiger partial charge in [-0.2, -0.15) is 0 Å². The number of rotatable bonds is 2. The third-order valence-electron chi connectivity index (χ3n) is 3.12. The van der Waals surface area contributed by atoms with Crippen molar-refractivity contribution < 1.29 is 4.39 Å². The summed E-state index contributed by atoms with van der Waals surface area (Å²) in [5.41, 5.74) is 2.42. The molecule has 0 amide bonds. The number of aryl methyl sites for hydroxylation is 1. The molecule has 0 saturated heterocycles. The fourth-order valence-electron chi connectivity index (χ4n) is 2.19. The van der Waals surface area contributed by atoms with Gasteiger partial charge in [-0.25, -0.2) is 14.4 Å². The lowest BCUT2D eigenvalue weighted by Crippen LogP contribution is -1.94. The Hall–Kier alpha value is -1.94. The lowest BCUT2D eigenvalue weighted by atomic mass is 10.0. The van der Waals surface area contributed by atoms with E-state index in [1.165, 1.54) is 17.8 Å². The molecule has 0 saturated carbocycles. The summed E-state index contributed by atoms with van der Waals surface area (Å²) in [7, 11) is 0. The number of thioether (sulfide) groups is 1. The predicted molar refractivity (Wildman–Crippen MR) is 81.5 cm³/mol. The molecule has 3 rings (SSSR count). The standard InChI is InChI=1S/C16H13FN2S/c1-10-7-15(19-16(18-10)20-2)12-8-11-5-3-4-6-13(11)14(17)9-12/h3-9H,1-2H3. The van der Waals surface area contributed by atoms with Gasteiger partial charge in [-0.1, -0.05) is 36.0 Å². The van der Waals surface area contributed by atoms with E-state index in [4.69, 9.17) is 0 Å². The fraction of sp³-hybridized carbons (Fsp3) is 0.125. The summed E-state index contributed by atoms with van der Waals surface area (Å²) in [6, 6.07) is 12.8. The van der Waals surface area contributed by atoms with Crippen molar-refractivity contribution in [3.05, 3.63) is 54.0 Å². The first kappa shape index (κ1) is 13.1. The van der Waals surface area contributed by atoms with E-state index in [0.717, 1.165) is 22.3 Å². The van der Waals surface area contributed by atoms with Crippen LogP contribution in [0.25, 0.3) is 22.0 Å². The van der Waals surface area contributed by atoms with Crippen LogP contribution in [0.1, 0.15) is 5.69 Å². The van der Waals surface area contributed by atoms with Crippen molar-refractivity contribution in [2.45, 2.75) is 12.1 Å². The van der Waals surface area contributed by atoms with Gasteiger partial charge in [0.1, 0.15) is 5.82 Å². The van der Waals surface area contributed by atoms with Gasteiger partial charge in [0.05, 0.1) is 5.69 Å². The van der Waals surface area contributed by atoms with Crippen LogP contribution in [-0.4, -0.2) is 16.2 Å². The van der Waals surface area contributed by atoms with Gasteiger partial charge in [-0.15, -0.1) is 0 Å². The predicted octanol–water partition coefficient (Wildman–Crippen LogP) is 4.47. The Morgan fingerprint density at radius 1 is 1.05 bits per heavy atom. The maximum absolute atomic E-state index is 14.2. The highest BCUT2D eigenvalue weighted by Crippen LogP contribution is 2.27. The van der Waals surface area contributed by atoms with E-state index in [1.807, 2.05) is 43.5 Å². The second-order valence-electron chi connectivity index (χ2n) is 4.56. The first-order valence-corrected chi connectivity index (χ1v) is 7.48. The maximum Gasteiger partial charge on any atom is 0.188 e. The largest absolute Gasteiger partial charge is 0.228 e. The quantitative estimate of drug-likeness (QED) is 0.513. The molecule has 0 aliphatic rings. The summed E-state index contributed by atoms with van der Waals surface area (Å²) < 4.78 is 14.2. The second-order valence-corrected chi connectivity index (χ2v) is 5.33. The average molecular weight is 284 g/mol. The van der Waals surface area contributed by atoms with Crippen LogP contribution in [0.2, 0.25) is 0 Å². The number of hydrogen-bond donors (Lipinski definition) is 0. The smallest absolute Gasteiger partial charge is 0.188 e. The van der Waals surface area contributed by atoms with E-state index in [2.05, 4.69) is 9.97 Å². The summed E-state index contributed by atoms with van der Waals surface area (Å²) in [5.74, 6) is -0.222. The maximum atomic E-state index is 14.2. The fourth-order valence-corrected chi connectivity index (χ4v) is 2.62. The number of halogens is 1. The van der Waals surface area contributed by atoms with Crippen LogP contribution in [-0.2, 0) is 0 Å². The van der Waals surface area contributed by atoms with E-state index >= 15 is 0 Å². The molecule has 2 nitrogen and oxygen atoms in total. The molecule has 4 heteroatoms. The first-order valence-electron chi connectivity index (χ1n) is 6.26. The molecular formula is C16H13FN2S. The molecule has 20 heavy (non-hydrogen) atoms. The zero-order valence-electron chi connectivity index (χ0n) is 11.2. The molecular weight excluding hydrogens is 271 g/mol. The molecule has 0 aliphatic carbocycles. The van der Waals surface area contributed by atoms with Gasteiger partial charge in [0, 0.05) is 16.6 Å². The zero-order valence-corrected chi connectivity index (χ0v) is 12.0. The Kier molecular flexibility index (Phi) is 3.40. The molecule has 100 valence electrons. The molecule has 1 aromatic heterocycles. The van der Waals surface area contributed by atoms with Gasteiger partial charge in [0.2, 0.25) is 0 Å². The number of benzene rings is 2. The normalized spacial score (nSPS) is 10.9. The SMILES string of the molecule is CSc1nc(C)cc(-c2cc(F)c3ccccc3c2)n1. The Morgan fingerprint density at radius 2 is 1.85 bits per heavy atom. The van der Waals surface area contributed by atoms with Crippen LogP contribution in [0, 0.1) is 12.7 Å². The minimum atomic E-state index is -0.222. The highest BCUT2D eigenvalue weighted by Gasteiger charge is 2.08. The van der Waals surface area contributed by atoms with Crippen LogP contribution >= 0.6 is 11.8 Å². The van der Waals surface area contributed by atoms with Gasteiger partial charge in [-0.05, 0) is 36.8 Å². The Labute approximate surface area is 121 Å². The molecule has 1 heterocycles. The van der Waals surface area contributed by atoms with Crippen molar-refractivity contribution in [2.24, 2.45) is 0 Å². The molecule has 0 aliphatic heterocycles. The van der Waals surface area contributed by atoms with Crippen molar-refractivity contribution in [2.75, 3.05) is 6.26 Å². The average Bonchev–Trinajstić information content (AvgIpc) is 2.46. The Morgan fingerprint density at radius 3 is 2.65 bits per heavy atom. The lowest BCUT2D eigenvalue weighted by Gasteiger charge is -2.07. The summed E-state index contributed by atoms with van der Waals surface area (Å²) in [6.07, 6.45) is 1.93. The van der Waals surface area contributed by atoms with E-state index < -0.39 is 0 Å². The van der Waals surface area contributed by atoms with Crippen LogP contribution in [0.5, 0.6) is 0 Å². The van der Waals surface area contributed by atoms with Gasteiger partial charge >= 0.3 is 0 Å². The van der Waals surface area contributed by atoms with Gasteiger partial charge in [-0.3, -0.25) is 0 Å². The molecule has 3 aromatic rings. The summed E-state index contributed by atoms with van der Waals surface area (Å²) >= 11 is 1.48. The van der Waals surface area contributed by atoms with Gasteiger partial charge < -0.3 is 0 Å². The molecule has 0 unspecified atom stereocenters. The molecule has 0 radical (unpaired) electrons. The Bertz CT molecular complexity index is 787. The van der Waals surface area contributed by atoms with Crippen LogP contribution < -0.4 is 0 Å². The van der Waals surface area contributed by atoms with Crippen molar-refractivity contribution >= 4 is 22.5 Å². The minimum absolute atomic E-state index is 0.222. The van der Waals surface area contributed by atoms with Crippen molar-refractivity contribution in [1.82, 2.24) is 9.97 Å². The third-order valence-corrected chi connectivity index (χ3v) is 3.67. The lowest BCUT2D eigenvalue weighted by molar-refractivity contribution is 0.640. The highest BCUT2D eigenvalue weighted by molar-refractivity contribution is 7.98. The van der Waals surface area contributed by atoms with Crippen LogP contribution in [0.4, 0.5) is 4.39 Å². The Balaban J connectivity index is 2.22. The van der Waals surface area contributed by atoms with E-state index in [0.29, 0.717) is 10.5 Å². The number of aromatic nitrogens is 2. The van der Waals surface area contributed by atoms with Crippen molar-refractivity contribution in [3.8, 4) is 11.3 Å². The molecule has 2 aromatic carbocycles. The second kappa shape index (κ2) is 5.21. The van der Waals surface area contributed by atoms with Crippen molar-refractivity contribution in [1.29, 1.82) is 0 Å². The zero-order chi connectivity index (χ0) is 14.1. The van der Waals surface area contributed by atoms with E-state index in [1.54, 1.807) is 6.07 Å². The topological polar surface area (TPSA) is 25.8 Å². The number of fused-ring (bicyclic) bond motifs is 1. The van der Waals surface area contributed by atoms with E-state index in [-0.39, 0.29) is 5.82 Å². The molecule has 0 atom stereocenters. The summed E-state index contributed by atoms with van der Waals surface area (Å²) in [6.45, 7) is 1.92. The molecule has 0 bridgehead atoms. The van der Waals surface area contributed by atoms with Gasteiger partial charge in [0.15, 0.2) is 5.16 Å². The summed E-state index contributed by atoms with van der Waals surface area (Å²) in [4.78, 5) is 8.78. The number of nitrogens with zero attached hydrogens (tertiary/aromatic N) is 2. The van der Waals surface area contributed by atoms with Gasteiger partial charge in [0.25, 0.3) is 0 Å². The molecule has 0 fully saturated rings. The molecule has 0 spiro atoms. The van der Waals surface area contributed by atoms with E-state index in [9.17, 15) is 4.39 Å².